The minimum Gasteiger partial charge on any atom is -0.478 e. The molecule has 0 spiro atoms. The van der Waals surface area contributed by atoms with Crippen LogP contribution in [0.2, 0.25) is 0 Å². The van der Waals surface area contributed by atoms with Crippen LogP contribution in [0, 0.1) is 5.82 Å². The number of carboxylic acids is 1. The molecule has 2 saturated heterocycles. The van der Waals surface area contributed by atoms with E-state index in [1.165, 1.54) is 24.4 Å². The Morgan fingerprint density at radius 2 is 1.85 bits per heavy atom. The molecule has 0 aliphatic carbocycles. The van der Waals surface area contributed by atoms with Crippen LogP contribution >= 0.6 is 24.0 Å². The van der Waals surface area contributed by atoms with Gasteiger partial charge in [0.15, 0.2) is 16.0 Å². The fourth-order valence-corrected chi connectivity index (χ4v) is 5.70. The number of carboxylic acid groups (broad SMARTS) is 1. The first-order chi connectivity index (χ1) is 19.6. The summed E-state index contributed by atoms with van der Waals surface area (Å²) in [6, 6.07) is 7.00. The summed E-state index contributed by atoms with van der Waals surface area (Å²) in [6.07, 6.45) is 2.86. The van der Waals surface area contributed by atoms with E-state index < -0.39 is 29.0 Å². The van der Waals surface area contributed by atoms with Crippen LogP contribution in [0.15, 0.2) is 46.2 Å². The number of fused-ring (bicyclic) bond motifs is 1. The zero-order valence-electron chi connectivity index (χ0n) is 22.1. The lowest BCUT2D eigenvalue weighted by Crippen LogP contribution is -2.46. The maximum absolute atomic E-state index is 15.2. The third kappa shape index (κ3) is 5.58. The molecular formula is C27H25FN6O5S2. The molecule has 4 heterocycles. The number of pyridine rings is 2. The van der Waals surface area contributed by atoms with Gasteiger partial charge in [-0.25, -0.2) is 14.2 Å². The summed E-state index contributed by atoms with van der Waals surface area (Å²) in [7, 11) is 1.99. The quantitative estimate of drug-likeness (QED) is 0.324. The molecule has 0 bridgehead atoms. The van der Waals surface area contributed by atoms with Gasteiger partial charge >= 0.3 is 5.97 Å². The SMILES string of the molecule is CCn1cc(C(=O)NN2C(=O)/C(=C/c3ccc(C(=O)O)cc3)SC2=S)c(=O)c2cc(F)c(N3CCN(C)CC3)nc21. The van der Waals surface area contributed by atoms with Gasteiger partial charge in [-0.1, -0.05) is 23.9 Å². The van der Waals surface area contributed by atoms with Gasteiger partial charge in [-0.3, -0.25) is 19.8 Å². The lowest BCUT2D eigenvalue weighted by atomic mass is 10.1. The fourth-order valence-electron chi connectivity index (χ4n) is 4.52. The second-order valence-electron chi connectivity index (χ2n) is 9.50. The van der Waals surface area contributed by atoms with Crippen molar-refractivity contribution in [2.24, 2.45) is 0 Å². The van der Waals surface area contributed by atoms with Crippen LogP contribution in [-0.4, -0.2) is 79.9 Å². The number of benzene rings is 1. The summed E-state index contributed by atoms with van der Waals surface area (Å²) in [5.74, 6) is -3.07. The monoisotopic (exact) mass is 596 g/mol. The molecule has 14 heteroatoms. The number of likely N-dealkylation sites (N-methyl/N-ethyl adjacent to an activating group) is 1. The molecular weight excluding hydrogens is 571 g/mol. The third-order valence-corrected chi connectivity index (χ3v) is 8.14. The average Bonchev–Trinajstić information content (AvgIpc) is 3.21. The van der Waals surface area contributed by atoms with Crippen molar-refractivity contribution in [3.05, 3.63) is 74.2 Å². The number of thiocarbonyl (C=S) groups is 1. The molecule has 41 heavy (non-hydrogen) atoms. The van der Waals surface area contributed by atoms with Crippen molar-refractivity contribution < 1.29 is 23.9 Å². The normalized spacial score (nSPS) is 17.1. The Balaban J connectivity index is 1.41. The van der Waals surface area contributed by atoms with E-state index in [4.69, 9.17) is 17.3 Å². The molecule has 0 radical (unpaired) electrons. The van der Waals surface area contributed by atoms with Gasteiger partial charge in [0.25, 0.3) is 11.8 Å². The molecule has 2 fully saturated rings. The van der Waals surface area contributed by atoms with Gasteiger partial charge in [-0.15, -0.1) is 0 Å². The van der Waals surface area contributed by atoms with Crippen LogP contribution in [0.5, 0.6) is 0 Å². The average molecular weight is 597 g/mol. The van der Waals surface area contributed by atoms with Crippen LogP contribution in [-0.2, 0) is 11.3 Å². The highest BCUT2D eigenvalue weighted by molar-refractivity contribution is 8.26. The van der Waals surface area contributed by atoms with Crippen LogP contribution < -0.4 is 15.8 Å². The van der Waals surface area contributed by atoms with Gasteiger partial charge in [-0.2, -0.15) is 5.01 Å². The summed E-state index contributed by atoms with van der Waals surface area (Å²) >= 11 is 6.22. The number of rotatable bonds is 6. The zero-order chi connectivity index (χ0) is 29.4. The van der Waals surface area contributed by atoms with Crippen molar-refractivity contribution >= 4 is 69.0 Å². The van der Waals surface area contributed by atoms with Crippen molar-refractivity contribution in [2.45, 2.75) is 13.5 Å². The summed E-state index contributed by atoms with van der Waals surface area (Å²) in [5, 5.41) is 9.88. The number of aromatic carboxylic acids is 1. The van der Waals surface area contributed by atoms with Gasteiger partial charge in [0.1, 0.15) is 11.2 Å². The van der Waals surface area contributed by atoms with Gasteiger partial charge in [-0.05, 0) is 56.0 Å². The number of carbonyl (C=O) groups excluding carboxylic acids is 2. The summed E-state index contributed by atoms with van der Waals surface area (Å²) in [5.41, 5.74) is 2.29. The Morgan fingerprint density at radius 3 is 2.49 bits per heavy atom. The highest BCUT2D eigenvalue weighted by Crippen LogP contribution is 2.31. The minimum absolute atomic E-state index is 0.0397. The predicted octanol–water partition coefficient (Wildman–Crippen LogP) is 2.55. The van der Waals surface area contributed by atoms with Gasteiger partial charge in [0.05, 0.1) is 15.9 Å². The first kappa shape index (κ1) is 28.4. The number of hydrogen-bond donors (Lipinski definition) is 2. The first-order valence-electron chi connectivity index (χ1n) is 12.7. The maximum Gasteiger partial charge on any atom is 0.335 e. The number of aryl methyl sites for hydroxylation is 1. The van der Waals surface area contributed by atoms with Crippen LogP contribution in [0.3, 0.4) is 0 Å². The van der Waals surface area contributed by atoms with Crippen molar-refractivity contribution in [3.63, 3.8) is 0 Å². The second kappa shape index (κ2) is 11.4. The standard InChI is InChI=1S/C27H25FN6O5S2/c1-3-32-14-18(21(35)17-13-19(28)23(29-22(17)32)33-10-8-31(2)9-11-33)24(36)30-34-25(37)20(41-27(34)40)12-15-4-6-16(7-5-15)26(38)39/h4-7,12-14H,3,8-11H2,1-2H3,(H,30,36)(H,38,39)/b20-12-. The Kier molecular flexibility index (Phi) is 7.89. The molecule has 2 N–H and O–H groups in total. The van der Waals surface area contributed by atoms with Gasteiger partial charge < -0.3 is 19.5 Å². The number of carbonyl (C=O) groups is 3. The van der Waals surface area contributed by atoms with E-state index in [2.05, 4.69) is 15.3 Å². The van der Waals surface area contributed by atoms with Crippen molar-refractivity contribution in [3.8, 4) is 0 Å². The number of piperazine rings is 1. The molecule has 0 unspecified atom stereocenters. The highest BCUT2D eigenvalue weighted by atomic mass is 32.2. The van der Waals surface area contributed by atoms with Crippen molar-refractivity contribution in [1.29, 1.82) is 0 Å². The molecule has 0 saturated carbocycles. The van der Waals surface area contributed by atoms with Crippen LogP contribution in [0.4, 0.5) is 10.2 Å². The molecule has 212 valence electrons. The summed E-state index contributed by atoms with van der Waals surface area (Å²) < 4.78 is 16.8. The lowest BCUT2D eigenvalue weighted by molar-refractivity contribution is -0.123. The number of anilines is 1. The van der Waals surface area contributed by atoms with Crippen molar-refractivity contribution in [1.82, 2.24) is 24.9 Å². The third-order valence-electron chi connectivity index (χ3n) is 6.83. The Bertz CT molecular complexity index is 1680. The fraction of sp³-hybridized carbons (Fsp3) is 0.259. The van der Waals surface area contributed by atoms with Gasteiger partial charge in [0, 0.05) is 38.9 Å². The maximum atomic E-state index is 15.2. The number of amides is 2. The lowest BCUT2D eigenvalue weighted by Gasteiger charge is -2.33. The molecule has 2 amide bonds. The van der Waals surface area contributed by atoms with E-state index in [1.54, 1.807) is 16.7 Å². The molecule has 2 aliphatic rings. The highest BCUT2D eigenvalue weighted by Gasteiger charge is 2.34. The molecule has 2 aliphatic heterocycles. The topological polar surface area (TPSA) is 128 Å². The Hall–Kier alpha value is -4.14. The van der Waals surface area contributed by atoms with Crippen LogP contribution in [0.25, 0.3) is 17.1 Å². The molecule has 1 aromatic carbocycles. The molecule has 0 atom stereocenters. The Morgan fingerprint density at radius 1 is 1.17 bits per heavy atom. The van der Waals surface area contributed by atoms with E-state index >= 15 is 4.39 Å². The van der Waals surface area contributed by atoms with E-state index in [9.17, 15) is 19.2 Å². The van der Waals surface area contributed by atoms with E-state index in [-0.39, 0.29) is 37.2 Å². The number of hydrogen-bond acceptors (Lipinski definition) is 9. The number of aromatic nitrogens is 2. The number of hydrazine groups is 1. The van der Waals surface area contributed by atoms with Crippen molar-refractivity contribution in [2.75, 3.05) is 38.1 Å². The second-order valence-corrected chi connectivity index (χ2v) is 11.2. The minimum atomic E-state index is -1.07. The number of thioether (sulfide) groups is 1. The largest absolute Gasteiger partial charge is 0.478 e. The van der Waals surface area contributed by atoms with E-state index in [0.29, 0.717) is 25.2 Å². The first-order valence-corrected chi connectivity index (χ1v) is 13.9. The van der Waals surface area contributed by atoms with Crippen LogP contribution in [0.1, 0.15) is 33.2 Å². The predicted molar refractivity (Wildman–Crippen MR) is 157 cm³/mol. The Labute approximate surface area is 243 Å². The smallest absolute Gasteiger partial charge is 0.335 e. The van der Waals surface area contributed by atoms with E-state index in [0.717, 1.165) is 35.9 Å². The zero-order valence-corrected chi connectivity index (χ0v) is 23.7. The molecule has 3 aromatic rings. The van der Waals surface area contributed by atoms with Gasteiger partial charge in [0.2, 0.25) is 5.43 Å². The van der Waals surface area contributed by atoms with E-state index in [1.807, 2.05) is 18.9 Å². The molecule has 11 nitrogen and oxygen atoms in total. The summed E-state index contributed by atoms with van der Waals surface area (Å²) in [4.78, 5) is 59.3. The molecule has 2 aromatic heterocycles. The molecule has 5 rings (SSSR count). The number of halogens is 1. The number of nitrogens with one attached hydrogen (secondary N) is 1. The summed E-state index contributed by atoms with van der Waals surface area (Å²) in [6.45, 7) is 4.85. The number of nitrogens with zero attached hydrogens (tertiary/aromatic N) is 5.